The summed E-state index contributed by atoms with van der Waals surface area (Å²) in [5, 5.41) is 9.23. The molecule has 0 spiro atoms. The predicted molar refractivity (Wildman–Crippen MR) is 70.7 cm³/mol. The molecule has 1 aliphatic rings. The lowest BCUT2D eigenvalue weighted by Gasteiger charge is -2.32. The zero-order valence-electron chi connectivity index (χ0n) is 10.3. The standard InChI is InChI=1S/C12H14ClNO4S/c1-7-4-9(13)2-3-11(7)19(17,18)14-10-5-8(6-10)12(15)16/h2-4,8,10,14H,5-6H2,1H3,(H,15,16). The van der Waals surface area contributed by atoms with Gasteiger partial charge in [-0.2, -0.15) is 0 Å². The van der Waals surface area contributed by atoms with Crippen LogP contribution in [0.2, 0.25) is 5.02 Å². The third-order valence-electron chi connectivity index (χ3n) is 3.24. The molecule has 0 aromatic heterocycles. The zero-order valence-corrected chi connectivity index (χ0v) is 11.8. The summed E-state index contributed by atoms with van der Waals surface area (Å²) in [4.78, 5) is 10.8. The Balaban J connectivity index is 2.09. The first-order valence-corrected chi connectivity index (χ1v) is 7.67. The minimum absolute atomic E-state index is 0.177. The lowest BCUT2D eigenvalue weighted by Crippen LogP contribution is -2.46. The van der Waals surface area contributed by atoms with E-state index in [0.29, 0.717) is 23.4 Å². The fourth-order valence-electron chi connectivity index (χ4n) is 2.11. The number of sulfonamides is 1. The first-order chi connectivity index (χ1) is 8.79. The summed E-state index contributed by atoms with van der Waals surface area (Å²) in [6, 6.07) is 4.25. The van der Waals surface area contributed by atoms with Crippen LogP contribution in [0, 0.1) is 12.8 Å². The number of benzene rings is 1. The van der Waals surface area contributed by atoms with Gasteiger partial charge in [-0.15, -0.1) is 0 Å². The predicted octanol–water partition coefficient (Wildman–Crippen LogP) is 1.79. The Bertz CT molecular complexity index is 608. The highest BCUT2D eigenvalue weighted by atomic mass is 35.5. The Kier molecular flexibility index (Phi) is 3.85. The molecule has 1 aromatic rings. The highest BCUT2D eigenvalue weighted by Gasteiger charge is 2.37. The summed E-state index contributed by atoms with van der Waals surface area (Å²) < 4.78 is 26.8. The highest BCUT2D eigenvalue weighted by molar-refractivity contribution is 7.89. The maximum Gasteiger partial charge on any atom is 0.306 e. The summed E-state index contributed by atoms with van der Waals surface area (Å²) >= 11 is 5.78. The second-order valence-electron chi connectivity index (χ2n) is 4.73. The third kappa shape index (κ3) is 3.08. The van der Waals surface area contributed by atoms with Crippen molar-refractivity contribution in [3.8, 4) is 0 Å². The van der Waals surface area contributed by atoms with Gasteiger partial charge in [-0.1, -0.05) is 11.6 Å². The number of hydrogen-bond donors (Lipinski definition) is 2. The van der Waals surface area contributed by atoms with Crippen molar-refractivity contribution < 1.29 is 18.3 Å². The largest absolute Gasteiger partial charge is 0.481 e. The van der Waals surface area contributed by atoms with Crippen LogP contribution < -0.4 is 4.72 Å². The number of nitrogens with one attached hydrogen (secondary N) is 1. The minimum atomic E-state index is -3.62. The van der Waals surface area contributed by atoms with Gasteiger partial charge in [-0.3, -0.25) is 4.79 Å². The molecule has 0 aliphatic heterocycles. The van der Waals surface area contributed by atoms with Crippen LogP contribution >= 0.6 is 11.6 Å². The van der Waals surface area contributed by atoms with Gasteiger partial charge in [-0.05, 0) is 43.5 Å². The molecule has 0 heterocycles. The molecule has 7 heteroatoms. The average molecular weight is 304 g/mol. The van der Waals surface area contributed by atoms with Crippen LogP contribution in [-0.4, -0.2) is 25.5 Å². The van der Waals surface area contributed by atoms with E-state index in [4.69, 9.17) is 16.7 Å². The molecular weight excluding hydrogens is 290 g/mol. The smallest absolute Gasteiger partial charge is 0.306 e. The summed E-state index contributed by atoms with van der Waals surface area (Å²) in [7, 11) is -3.62. The molecular formula is C12H14ClNO4S. The lowest BCUT2D eigenvalue weighted by molar-refractivity contribution is -0.145. The molecule has 2 rings (SSSR count). The number of carboxylic acids is 1. The summed E-state index contributed by atoms with van der Waals surface area (Å²) in [5.74, 6) is -1.32. The van der Waals surface area contributed by atoms with E-state index in [1.807, 2.05) is 0 Å². The average Bonchev–Trinajstić information content (AvgIpc) is 2.21. The third-order valence-corrected chi connectivity index (χ3v) is 5.15. The first kappa shape index (κ1) is 14.3. The monoisotopic (exact) mass is 303 g/mol. The van der Waals surface area contributed by atoms with Gasteiger partial charge in [0.25, 0.3) is 0 Å². The van der Waals surface area contributed by atoms with Crippen molar-refractivity contribution in [1.82, 2.24) is 4.72 Å². The Labute approximate surface area is 116 Å². The first-order valence-electron chi connectivity index (χ1n) is 5.81. The van der Waals surface area contributed by atoms with Crippen molar-refractivity contribution in [2.45, 2.75) is 30.7 Å². The number of halogens is 1. The van der Waals surface area contributed by atoms with Crippen LogP contribution in [0.15, 0.2) is 23.1 Å². The molecule has 0 unspecified atom stereocenters. The van der Waals surface area contributed by atoms with Gasteiger partial charge in [0.05, 0.1) is 10.8 Å². The Morgan fingerprint density at radius 1 is 1.42 bits per heavy atom. The van der Waals surface area contributed by atoms with Crippen LogP contribution in [0.5, 0.6) is 0 Å². The maximum atomic E-state index is 12.1. The normalized spacial score (nSPS) is 22.8. The summed E-state index contributed by atoms with van der Waals surface area (Å²) in [5.41, 5.74) is 0.564. The molecule has 1 saturated carbocycles. The number of carbonyl (C=O) groups is 1. The van der Waals surface area contributed by atoms with Gasteiger partial charge in [0.1, 0.15) is 0 Å². The SMILES string of the molecule is Cc1cc(Cl)ccc1S(=O)(=O)NC1CC(C(=O)O)C1. The van der Waals surface area contributed by atoms with Crippen molar-refractivity contribution in [2.24, 2.45) is 5.92 Å². The molecule has 1 fully saturated rings. The van der Waals surface area contributed by atoms with Crippen molar-refractivity contribution in [3.05, 3.63) is 28.8 Å². The Hall–Kier alpha value is -1.11. The lowest BCUT2D eigenvalue weighted by atomic mass is 9.81. The van der Waals surface area contributed by atoms with Gasteiger partial charge in [0.15, 0.2) is 0 Å². The van der Waals surface area contributed by atoms with E-state index in [0.717, 1.165) is 0 Å². The van der Waals surface area contributed by atoms with Crippen LogP contribution in [0.4, 0.5) is 0 Å². The van der Waals surface area contributed by atoms with E-state index in [-0.39, 0.29) is 10.9 Å². The molecule has 0 saturated heterocycles. The van der Waals surface area contributed by atoms with Gasteiger partial charge in [0.2, 0.25) is 10.0 Å². The quantitative estimate of drug-likeness (QED) is 0.888. The molecule has 19 heavy (non-hydrogen) atoms. The van der Waals surface area contributed by atoms with Crippen LogP contribution in [0.3, 0.4) is 0 Å². The van der Waals surface area contributed by atoms with E-state index < -0.39 is 21.9 Å². The molecule has 0 amide bonds. The Morgan fingerprint density at radius 2 is 2.05 bits per heavy atom. The van der Waals surface area contributed by atoms with E-state index >= 15 is 0 Å². The van der Waals surface area contributed by atoms with Gasteiger partial charge in [0, 0.05) is 11.1 Å². The van der Waals surface area contributed by atoms with Crippen molar-refractivity contribution in [2.75, 3.05) is 0 Å². The molecule has 0 bridgehead atoms. The van der Waals surface area contributed by atoms with Crippen LogP contribution in [0.1, 0.15) is 18.4 Å². The summed E-state index contributed by atoms with van der Waals surface area (Å²) in [6.45, 7) is 1.67. The number of carboxylic acid groups (broad SMARTS) is 1. The van der Waals surface area contributed by atoms with Gasteiger partial charge >= 0.3 is 5.97 Å². The zero-order chi connectivity index (χ0) is 14.2. The maximum absolute atomic E-state index is 12.1. The topological polar surface area (TPSA) is 83.5 Å². The molecule has 1 aromatic carbocycles. The fourth-order valence-corrected chi connectivity index (χ4v) is 3.83. The Morgan fingerprint density at radius 3 is 2.58 bits per heavy atom. The van der Waals surface area contributed by atoms with E-state index in [1.54, 1.807) is 13.0 Å². The van der Waals surface area contributed by atoms with Gasteiger partial charge in [-0.25, -0.2) is 13.1 Å². The van der Waals surface area contributed by atoms with Crippen LogP contribution in [0.25, 0.3) is 0 Å². The van der Waals surface area contributed by atoms with Gasteiger partial charge < -0.3 is 5.11 Å². The second kappa shape index (κ2) is 5.11. The minimum Gasteiger partial charge on any atom is -0.481 e. The number of aryl methyl sites for hydroxylation is 1. The number of rotatable bonds is 4. The number of aliphatic carboxylic acids is 1. The van der Waals surface area contributed by atoms with E-state index in [1.165, 1.54) is 12.1 Å². The molecule has 2 N–H and O–H groups in total. The number of hydrogen-bond acceptors (Lipinski definition) is 3. The molecule has 104 valence electrons. The van der Waals surface area contributed by atoms with Crippen molar-refractivity contribution >= 4 is 27.6 Å². The molecule has 1 aliphatic carbocycles. The molecule has 5 nitrogen and oxygen atoms in total. The highest BCUT2D eigenvalue weighted by Crippen LogP contribution is 2.29. The van der Waals surface area contributed by atoms with Crippen molar-refractivity contribution in [1.29, 1.82) is 0 Å². The van der Waals surface area contributed by atoms with Crippen LogP contribution in [-0.2, 0) is 14.8 Å². The second-order valence-corrected chi connectivity index (χ2v) is 6.85. The fraction of sp³-hybridized carbons (Fsp3) is 0.417. The molecule has 0 radical (unpaired) electrons. The summed E-state index contributed by atoms with van der Waals surface area (Å²) in [6.07, 6.45) is 0.669. The van der Waals surface area contributed by atoms with Crippen molar-refractivity contribution in [3.63, 3.8) is 0 Å². The van der Waals surface area contributed by atoms with E-state index in [2.05, 4.69) is 4.72 Å². The van der Waals surface area contributed by atoms with E-state index in [9.17, 15) is 13.2 Å². The molecule has 0 atom stereocenters.